The van der Waals surface area contributed by atoms with Crippen LogP contribution in [-0.4, -0.2) is 31.8 Å². The number of nitrogens with zero attached hydrogens (tertiary/aromatic N) is 2. The summed E-state index contributed by atoms with van der Waals surface area (Å²) in [4.78, 5) is 0.159. The molecule has 2 rings (SSSR count). The number of anilines is 1. The van der Waals surface area contributed by atoms with Crippen LogP contribution in [0.4, 0.5) is 5.69 Å². The Morgan fingerprint density at radius 3 is 2.65 bits per heavy atom. The van der Waals surface area contributed by atoms with Crippen molar-refractivity contribution in [3.05, 3.63) is 40.2 Å². The summed E-state index contributed by atoms with van der Waals surface area (Å²) in [6.45, 7) is 1.35. The average molecular weight is 406 g/mol. The number of likely N-dealkylation sites (N-methyl/N-ethyl adjacent to an activating group) is 1. The number of hydrogen-bond donors (Lipinski definition) is 2. The molecule has 6 nitrogen and oxygen atoms in total. The van der Waals surface area contributed by atoms with Gasteiger partial charge in [0.1, 0.15) is 4.90 Å². The molecule has 0 fully saturated rings. The topological polar surface area (TPSA) is 76.0 Å². The van der Waals surface area contributed by atoms with Crippen LogP contribution in [-0.2, 0) is 16.6 Å². The maximum absolute atomic E-state index is 12.2. The van der Waals surface area contributed by atoms with E-state index >= 15 is 0 Å². The fourth-order valence-electron chi connectivity index (χ4n) is 1.56. The molecule has 8 heteroatoms. The van der Waals surface area contributed by atoms with E-state index in [9.17, 15) is 8.42 Å². The minimum Gasteiger partial charge on any atom is -0.318 e. The third-order valence-electron chi connectivity index (χ3n) is 2.61. The van der Waals surface area contributed by atoms with Gasteiger partial charge in [-0.25, -0.2) is 8.42 Å². The standard InChI is InChI=1S/C12H15IN4O2S/c1-14-6-7-17-9-12(8-15-17)20(18,19)16-11-4-2-10(13)3-5-11/h2-5,8-9,14,16H,6-7H2,1H3. The molecule has 2 aromatic rings. The second-order valence-electron chi connectivity index (χ2n) is 4.16. The van der Waals surface area contributed by atoms with E-state index in [0.717, 1.165) is 10.1 Å². The molecule has 1 aromatic carbocycles. The maximum atomic E-state index is 12.2. The SMILES string of the molecule is CNCCn1cc(S(=O)(=O)Nc2ccc(I)cc2)cn1. The van der Waals surface area contributed by atoms with E-state index in [-0.39, 0.29) is 4.90 Å². The smallest absolute Gasteiger partial charge is 0.265 e. The second kappa shape index (κ2) is 6.55. The Balaban J connectivity index is 2.13. The molecule has 0 spiro atoms. The Bertz CT molecular complexity index is 667. The molecule has 1 aromatic heterocycles. The Hall–Kier alpha value is -1.13. The molecule has 0 aliphatic rings. The molecule has 20 heavy (non-hydrogen) atoms. The molecule has 0 unspecified atom stereocenters. The summed E-state index contributed by atoms with van der Waals surface area (Å²) in [6, 6.07) is 7.14. The zero-order chi connectivity index (χ0) is 14.6. The lowest BCUT2D eigenvalue weighted by Crippen LogP contribution is -2.15. The van der Waals surface area contributed by atoms with E-state index in [1.807, 2.05) is 19.2 Å². The van der Waals surface area contributed by atoms with Crippen molar-refractivity contribution in [2.24, 2.45) is 0 Å². The highest BCUT2D eigenvalue weighted by molar-refractivity contribution is 14.1. The summed E-state index contributed by atoms with van der Waals surface area (Å²) in [6.07, 6.45) is 2.87. The predicted molar refractivity (Wildman–Crippen MR) is 86.1 cm³/mol. The van der Waals surface area contributed by atoms with Crippen molar-refractivity contribution in [3.63, 3.8) is 0 Å². The average Bonchev–Trinajstić information content (AvgIpc) is 2.88. The number of benzene rings is 1. The summed E-state index contributed by atoms with van der Waals surface area (Å²) in [5.41, 5.74) is 0.536. The summed E-state index contributed by atoms with van der Waals surface area (Å²) in [5, 5.41) is 7.01. The van der Waals surface area contributed by atoms with Crippen LogP contribution in [0, 0.1) is 3.57 Å². The van der Waals surface area contributed by atoms with Crippen LogP contribution >= 0.6 is 22.6 Å². The lowest BCUT2D eigenvalue weighted by atomic mass is 10.3. The predicted octanol–water partition coefficient (Wildman–Crippen LogP) is 1.51. The van der Waals surface area contributed by atoms with E-state index in [1.165, 1.54) is 12.4 Å². The van der Waals surface area contributed by atoms with Crippen LogP contribution in [0.2, 0.25) is 0 Å². The van der Waals surface area contributed by atoms with E-state index in [2.05, 4.69) is 37.7 Å². The van der Waals surface area contributed by atoms with Gasteiger partial charge in [-0.15, -0.1) is 0 Å². The van der Waals surface area contributed by atoms with Crippen molar-refractivity contribution < 1.29 is 8.42 Å². The molecular weight excluding hydrogens is 391 g/mol. The van der Waals surface area contributed by atoms with E-state index in [0.29, 0.717) is 12.2 Å². The van der Waals surface area contributed by atoms with Gasteiger partial charge in [-0.3, -0.25) is 9.40 Å². The first-order valence-corrected chi connectivity index (χ1v) is 8.53. The first-order chi connectivity index (χ1) is 9.51. The minimum atomic E-state index is -3.59. The van der Waals surface area contributed by atoms with Gasteiger partial charge >= 0.3 is 0 Å². The first-order valence-electron chi connectivity index (χ1n) is 5.97. The molecular formula is C12H15IN4O2S. The highest BCUT2D eigenvalue weighted by Crippen LogP contribution is 2.16. The quantitative estimate of drug-likeness (QED) is 0.714. The summed E-state index contributed by atoms with van der Waals surface area (Å²) in [7, 11) is -1.75. The number of halogens is 1. The van der Waals surface area contributed by atoms with Gasteiger partial charge in [0.2, 0.25) is 0 Å². The van der Waals surface area contributed by atoms with E-state index in [1.54, 1.807) is 16.8 Å². The molecule has 0 bridgehead atoms. The Kier molecular flexibility index (Phi) is 5.00. The van der Waals surface area contributed by atoms with Gasteiger partial charge in [0.25, 0.3) is 10.0 Å². The van der Waals surface area contributed by atoms with Crippen molar-refractivity contribution >= 4 is 38.3 Å². The molecule has 0 aliphatic carbocycles. The van der Waals surface area contributed by atoms with Crippen LogP contribution in [0.25, 0.3) is 0 Å². The summed E-state index contributed by atoms with van der Waals surface area (Å²) >= 11 is 2.16. The van der Waals surface area contributed by atoms with E-state index in [4.69, 9.17) is 0 Å². The van der Waals surface area contributed by atoms with Crippen LogP contribution in [0.1, 0.15) is 0 Å². The fourth-order valence-corrected chi connectivity index (χ4v) is 2.93. The second-order valence-corrected chi connectivity index (χ2v) is 7.08. The normalized spacial score (nSPS) is 11.5. The highest BCUT2D eigenvalue weighted by atomic mass is 127. The monoisotopic (exact) mass is 406 g/mol. The molecule has 2 N–H and O–H groups in total. The van der Waals surface area contributed by atoms with Crippen molar-refractivity contribution in [1.82, 2.24) is 15.1 Å². The molecule has 1 heterocycles. The van der Waals surface area contributed by atoms with Crippen LogP contribution in [0.5, 0.6) is 0 Å². The third kappa shape index (κ3) is 3.93. The summed E-state index contributed by atoms with van der Waals surface area (Å²) < 4.78 is 29.6. The van der Waals surface area contributed by atoms with Gasteiger partial charge in [-0.05, 0) is 53.9 Å². The molecule has 0 saturated carbocycles. The molecule has 108 valence electrons. The van der Waals surface area contributed by atoms with Gasteiger partial charge in [0.05, 0.1) is 12.7 Å². The van der Waals surface area contributed by atoms with Crippen molar-refractivity contribution in [1.29, 1.82) is 0 Å². The van der Waals surface area contributed by atoms with Crippen LogP contribution < -0.4 is 10.0 Å². The lowest BCUT2D eigenvalue weighted by Gasteiger charge is -2.06. The van der Waals surface area contributed by atoms with E-state index < -0.39 is 10.0 Å². The Morgan fingerprint density at radius 2 is 2.00 bits per heavy atom. The van der Waals surface area contributed by atoms with Gasteiger partial charge in [0.15, 0.2) is 0 Å². The van der Waals surface area contributed by atoms with Crippen molar-refractivity contribution in [3.8, 4) is 0 Å². The van der Waals surface area contributed by atoms with Gasteiger partial charge < -0.3 is 5.32 Å². The number of rotatable bonds is 6. The van der Waals surface area contributed by atoms with Crippen LogP contribution in [0.15, 0.2) is 41.6 Å². The molecule has 0 radical (unpaired) electrons. The summed E-state index contributed by atoms with van der Waals surface area (Å²) in [5.74, 6) is 0. The molecule has 0 amide bonds. The van der Waals surface area contributed by atoms with Gasteiger partial charge in [-0.2, -0.15) is 5.10 Å². The fraction of sp³-hybridized carbons (Fsp3) is 0.250. The van der Waals surface area contributed by atoms with Crippen LogP contribution in [0.3, 0.4) is 0 Å². The number of nitrogens with one attached hydrogen (secondary N) is 2. The van der Waals surface area contributed by atoms with Crippen molar-refractivity contribution in [2.45, 2.75) is 11.4 Å². The molecule has 0 saturated heterocycles. The first kappa shape index (κ1) is 15.3. The largest absolute Gasteiger partial charge is 0.318 e. The highest BCUT2D eigenvalue weighted by Gasteiger charge is 2.16. The lowest BCUT2D eigenvalue weighted by molar-refractivity contribution is 0.582. The van der Waals surface area contributed by atoms with Crippen molar-refractivity contribution in [2.75, 3.05) is 18.3 Å². The Labute approximate surface area is 131 Å². The maximum Gasteiger partial charge on any atom is 0.265 e. The molecule has 0 atom stereocenters. The van der Waals surface area contributed by atoms with Gasteiger partial charge in [-0.1, -0.05) is 0 Å². The van der Waals surface area contributed by atoms with Gasteiger partial charge in [0, 0.05) is 22.0 Å². The third-order valence-corrected chi connectivity index (χ3v) is 4.66. The number of hydrogen-bond acceptors (Lipinski definition) is 4. The number of sulfonamides is 1. The minimum absolute atomic E-state index is 0.159. The zero-order valence-electron chi connectivity index (χ0n) is 10.9. The number of aromatic nitrogens is 2. The molecule has 0 aliphatic heterocycles. The Morgan fingerprint density at radius 1 is 1.30 bits per heavy atom. The zero-order valence-corrected chi connectivity index (χ0v) is 13.8.